The number of carbonyl (C=O) groups is 2. The van der Waals surface area contributed by atoms with E-state index in [0.29, 0.717) is 5.56 Å². The third kappa shape index (κ3) is 4.92. The van der Waals surface area contributed by atoms with Crippen LogP contribution in [0.25, 0.3) is 0 Å². The minimum atomic E-state index is -0.535. The molecule has 2 aromatic rings. The third-order valence-electron chi connectivity index (χ3n) is 2.85. The van der Waals surface area contributed by atoms with E-state index in [1.807, 2.05) is 0 Å². The zero-order chi connectivity index (χ0) is 16.7. The number of hydrazone groups is 1. The molecule has 2 amide bonds. The Bertz CT molecular complexity index is 730. The number of nitrogens with one attached hydrogen (secondary N) is 2. The maximum atomic E-state index is 12.7. The van der Waals surface area contributed by atoms with Gasteiger partial charge >= 0.3 is 0 Å². The normalized spacial score (nSPS) is 10.5. The molecule has 0 unspecified atom stereocenters. The zero-order valence-corrected chi connectivity index (χ0v) is 12.0. The third-order valence-corrected chi connectivity index (χ3v) is 2.85. The number of phenolic OH excluding ortho intramolecular Hbond substituents is 1. The molecule has 2 rings (SSSR count). The lowest BCUT2D eigenvalue weighted by Crippen LogP contribution is -2.34. The maximum Gasteiger partial charge on any atom is 0.259 e. The van der Waals surface area contributed by atoms with Crippen molar-refractivity contribution in [3.8, 4) is 5.75 Å². The van der Waals surface area contributed by atoms with Gasteiger partial charge in [-0.25, -0.2) is 9.82 Å². The van der Waals surface area contributed by atoms with Crippen molar-refractivity contribution in [3.63, 3.8) is 0 Å². The maximum absolute atomic E-state index is 12.7. The average Bonchev–Trinajstić information content (AvgIpc) is 2.55. The summed E-state index contributed by atoms with van der Waals surface area (Å²) < 4.78 is 12.7. The van der Waals surface area contributed by atoms with Crippen molar-refractivity contribution in [2.24, 2.45) is 5.10 Å². The van der Waals surface area contributed by atoms with Gasteiger partial charge in [-0.3, -0.25) is 9.59 Å². The molecule has 7 heteroatoms. The molecule has 3 N–H and O–H groups in total. The van der Waals surface area contributed by atoms with Crippen molar-refractivity contribution in [2.45, 2.75) is 0 Å². The zero-order valence-electron chi connectivity index (χ0n) is 12.0. The highest BCUT2D eigenvalue weighted by molar-refractivity contribution is 5.96. The predicted octanol–water partition coefficient (Wildman–Crippen LogP) is 1.41. The van der Waals surface area contributed by atoms with Gasteiger partial charge in [-0.1, -0.05) is 12.1 Å². The number of hydrogen-bond donors (Lipinski definition) is 3. The summed E-state index contributed by atoms with van der Waals surface area (Å²) in [5, 5.41) is 15.6. The molecule has 23 heavy (non-hydrogen) atoms. The molecule has 0 radical (unpaired) electrons. The Balaban J connectivity index is 1.80. The number of rotatable bonds is 5. The lowest BCUT2D eigenvalue weighted by Gasteiger charge is -2.04. The van der Waals surface area contributed by atoms with Crippen molar-refractivity contribution < 1.29 is 19.1 Å². The van der Waals surface area contributed by atoms with Gasteiger partial charge in [-0.15, -0.1) is 0 Å². The van der Waals surface area contributed by atoms with Crippen LogP contribution in [0, 0.1) is 5.82 Å². The molecule has 0 saturated heterocycles. The first-order valence-electron chi connectivity index (χ1n) is 6.70. The number of amides is 2. The molecule has 0 aliphatic carbocycles. The molecular formula is C16H14FN3O3. The van der Waals surface area contributed by atoms with Gasteiger partial charge < -0.3 is 10.4 Å². The van der Waals surface area contributed by atoms with E-state index in [1.165, 1.54) is 24.4 Å². The van der Waals surface area contributed by atoms with Gasteiger partial charge in [0, 0.05) is 11.1 Å². The van der Waals surface area contributed by atoms with Crippen LogP contribution in [0.4, 0.5) is 4.39 Å². The van der Waals surface area contributed by atoms with E-state index in [-0.39, 0.29) is 17.9 Å². The summed E-state index contributed by atoms with van der Waals surface area (Å²) in [6.45, 7) is -0.283. The highest BCUT2D eigenvalue weighted by Gasteiger charge is 2.07. The molecule has 6 nitrogen and oxygen atoms in total. The summed E-state index contributed by atoms with van der Waals surface area (Å²) in [5.74, 6) is -1.44. The molecular weight excluding hydrogens is 301 g/mol. The lowest BCUT2D eigenvalue weighted by molar-refractivity contribution is -0.120. The average molecular weight is 315 g/mol. The van der Waals surface area contributed by atoms with Crippen molar-refractivity contribution in [2.75, 3.05) is 6.54 Å². The molecule has 0 aliphatic heterocycles. The summed E-state index contributed by atoms with van der Waals surface area (Å²) in [7, 11) is 0. The quantitative estimate of drug-likeness (QED) is 0.575. The van der Waals surface area contributed by atoms with Crippen molar-refractivity contribution in [1.29, 1.82) is 0 Å². The van der Waals surface area contributed by atoms with E-state index >= 15 is 0 Å². The van der Waals surface area contributed by atoms with Gasteiger partial charge in [0.25, 0.3) is 11.8 Å². The van der Waals surface area contributed by atoms with Crippen molar-refractivity contribution in [3.05, 3.63) is 65.5 Å². The summed E-state index contributed by atoms with van der Waals surface area (Å²) in [5.41, 5.74) is 2.91. The molecule has 0 heterocycles. The largest absolute Gasteiger partial charge is 0.507 e. The Kier molecular flexibility index (Phi) is 5.40. The predicted molar refractivity (Wildman–Crippen MR) is 82.6 cm³/mol. The smallest absolute Gasteiger partial charge is 0.259 e. The fourth-order valence-corrected chi connectivity index (χ4v) is 1.67. The van der Waals surface area contributed by atoms with Crippen LogP contribution < -0.4 is 10.7 Å². The van der Waals surface area contributed by atoms with Crippen LogP contribution >= 0.6 is 0 Å². The topological polar surface area (TPSA) is 90.8 Å². The van der Waals surface area contributed by atoms with Crippen LogP contribution in [0.3, 0.4) is 0 Å². The van der Waals surface area contributed by atoms with Crippen molar-refractivity contribution in [1.82, 2.24) is 10.7 Å². The van der Waals surface area contributed by atoms with E-state index in [2.05, 4.69) is 15.8 Å². The van der Waals surface area contributed by atoms with Crippen LogP contribution in [0.5, 0.6) is 5.75 Å². The van der Waals surface area contributed by atoms with Gasteiger partial charge in [-0.2, -0.15) is 5.10 Å². The van der Waals surface area contributed by atoms with Crippen LogP contribution in [0.1, 0.15) is 15.9 Å². The van der Waals surface area contributed by atoms with Crippen LogP contribution in [0.15, 0.2) is 53.6 Å². The van der Waals surface area contributed by atoms with Gasteiger partial charge in [0.15, 0.2) is 0 Å². The monoisotopic (exact) mass is 315 g/mol. The molecule has 0 fully saturated rings. The number of nitrogens with zero attached hydrogens (tertiary/aromatic N) is 1. The van der Waals surface area contributed by atoms with Gasteiger partial charge in [-0.05, 0) is 36.4 Å². The second-order valence-corrected chi connectivity index (χ2v) is 4.54. The first kappa shape index (κ1) is 16.2. The number of aromatic hydroxyl groups is 1. The lowest BCUT2D eigenvalue weighted by atomic mass is 10.2. The number of hydrogen-bond acceptors (Lipinski definition) is 4. The Morgan fingerprint density at radius 1 is 1.13 bits per heavy atom. The van der Waals surface area contributed by atoms with Crippen LogP contribution in [0.2, 0.25) is 0 Å². The molecule has 0 aromatic heterocycles. The summed E-state index contributed by atoms with van der Waals surface area (Å²) in [6.07, 6.45) is 1.29. The first-order valence-corrected chi connectivity index (χ1v) is 6.70. The summed E-state index contributed by atoms with van der Waals surface area (Å²) >= 11 is 0. The molecule has 2 aromatic carbocycles. The summed E-state index contributed by atoms with van der Waals surface area (Å²) in [4.78, 5) is 23.3. The first-order chi connectivity index (χ1) is 11.1. The summed E-state index contributed by atoms with van der Waals surface area (Å²) in [6, 6.07) is 11.4. The molecule has 0 saturated carbocycles. The number of para-hydroxylation sites is 1. The second-order valence-electron chi connectivity index (χ2n) is 4.54. The molecule has 118 valence electrons. The Morgan fingerprint density at radius 2 is 1.83 bits per heavy atom. The van der Waals surface area contributed by atoms with E-state index in [9.17, 15) is 19.1 Å². The highest BCUT2D eigenvalue weighted by atomic mass is 19.1. The molecule has 0 spiro atoms. The molecule has 0 bridgehead atoms. The number of halogens is 1. The number of phenols is 1. The van der Waals surface area contributed by atoms with Crippen LogP contribution in [-0.4, -0.2) is 29.7 Å². The van der Waals surface area contributed by atoms with Gasteiger partial charge in [0.05, 0.1) is 12.8 Å². The fourth-order valence-electron chi connectivity index (χ4n) is 1.67. The highest BCUT2D eigenvalue weighted by Crippen LogP contribution is 2.12. The van der Waals surface area contributed by atoms with Gasteiger partial charge in [0.1, 0.15) is 11.6 Å². The van der Waals surface area contributed by atoms with E-state index < -0.39 is 17.6 Å². The van der Waals surface area contributed by atoms with Crippen molar-refractivity contribution >= 4 is 18.0 Å². The Hall–Kier alpha value is -3.22. The Morgan fingerprint density at radius 3 is 2.52 bits per heavy atom. The van der Waals surface area contributed by atoms with E-state index in [1.54, 1.807) is 18.2 Å². The standard InChI is InChI=1S/C16H14FN3O3/c17-13-7-5-11(6-8-13)16(23)18-10-15(22)20-19-9-12-3-1-2-4-14(12)21/h1-9,21H,10H2,(H,18,23)(H,20,22)/b19-9+. The minimum Gasteiger partial charge on any atom is -0.507 e. The second kappa shape index (κ2) is 7.69. The minimum absolute atomic E-state index is 0.0371. The number of carbonyl (C=O) groups excluding carboxylic acids is 2. The Labute approximate surface area is 131 Å². The SMILES string of the molecule is O=C(CNC(=O)c1ccc(F)cc1)N/N=C/c1ccccc1O. The van der Waals surface area contributed by atoms with Crippen LogP contribution in [-0.2, 0) is 4.79 Å². The van der Waals surface area contributed by atoms with E-state index in [4.69, 9.17) is 0 Å². The number of benzene rings is 2. The van der Waals surface area contributed by atoms with Gasteiger partial charge in [0.2, 0.25) is 0 Å². The van der Waals surface area contributed by atoms with E-state index in [0.717, 1.165) is 12.1 Å². The molecule has 0 aliphatic rings. The fraction of sp³-hybridized carbons (Fsp3) is 0.0625. The molecule has 0 atom stereocenters.